The number of carbonyl (C=O) groups excluding carboxylic acids is 3. The van der Waals surface area contributed by atoms with Gasteiger partial charge in [-0.05, 0) is 55.3 Å². The van der Waals surface area contributed by atoms with Gasteiger partial charge in [-0.2, -0.15) is 0 Å². The van der Waals surface area contributed by atoms with E-state index in [0.717, 1.165) is 11.3 Å². The Bertz CT molecular complexity index is 1570. The van der Waals surface area contributed by atoms with Crippen LogP contribution in [0.15, 0.2) is 66.7 Å². The third kappa shape index (κ3) is 7.27. The summed E-state index contributed by atoms with van der Waals surface area (Å²) in [5.74, 6) is 0.748. The van der Waals surface area contributed by atoms with Gasteiger partial charge in [-0.3, -0.25) is 14.4 Å². The average molecular weight is 629 g/mol. The summed E-state index contributed by atoms with van der Waals surface area (Å²) in [5.41, 5.74) is 2.74. The molecule has 3 aliphatic rings. The standard InChI is InChI=1S/C35H40N4O7/c1-3-44-27-18-25-19-28(20-27)46-26-8-6-7-24(17-26)23-45-32-11-12-39(21-30(32)36-33(40)22-37(2)34(25)41)35(42)29-9-4-5-10-31(29)38-13-15-43-16-14-38/h4-10,17-20,30,32H,3,11-16,21-23H2,1-2H3,(H,36,40)/t30-,32+/m0/s1. The zero-order valence-electron chi connectivity index (χ0n) is 26.3. The van der Waals surface area contributed by atoms with E-state index in [1.165, 1.54) is 4.90 Å². The van der Waals surface area contributed by atoms with Gasteiger partial charge in [-0.15, -0.1) is 0 Å². The quantitative estimate of drug-likeness (QED) is 0.466. The minimum atomic E-state index is -0.482. The van der Waals surface area contributed by atoms with E-state index in [2.05, 4.69) is 10.2 Å². The normalized spacial score (nSPS) is 20.8. The Morgan fingerprint density at radius 2 is 1.80 bits per heavy atom. The summed E-state index contributed by atoms with van der Waals surface area (Å²) in [6.07, 6.45) is 0.189. The van der Waals surface area contributed by atoms with Gasteiger partial charge in [0.05, 0.1) is 50.7 Å². The van der Waals surface area contributed by atoms with Gasteiger partial charge in [-0.1, -0.05) is 24.3 Å². The van der Waals surface area contributed by atoms with Crippen molar-refractivity contribution in [3.8, 4) is 17.2 Å². The van der Waals surface area contributed by atoms with Gasteiger partial charge in [-0.25, -0.2) is 0 Å². The van der Waals surface area contributed by atoms with Crippen LogP contribution in [0.1, 0.15) is 39.6 Å². The molecule has 0 spiro atoms. The Labute approximate surface area is 269 Å². The minimum Gasteiger partial charge on any atom is -0.494 e. The van der Waals surface area contributed by atoms with Crippen molar-refractivity contribution in [2.75, 3.05) is 64.5 Å². The van der Waals surface area contributed by atoms with Gasteiger partial charge in [0.15, 0.2) is 0 Å². The number of benzene rings is 3. The Kier molecular flexibility index (Phi) is 9.70. The monoisotopic (exact) mass is 628 g/mol. The number of fused-ring (bicyclic) bond motifs is 5. The maximum Gasteiger partial charge on any atom is 0.256 e. The lowest BCUT2D eigenvalue weighted by Gasteiger charge is -2.39. The maximum absolute atomic E-state index is 14.0. The lowest BCUT2D eigenvalue weighted by molar-refractivity contribution is -0.124. The van der Waals surface area contributed by atoms with Crippen LogP contribution in [0.5, 0.6) is 17.2 Å². The topological polar surface area (TPSA) is 110 Å². The second-order valence-electron chi connectivity index (χ2n) is 11.7. The van der Waals surface area contributed by atoms with Crippen molar-refractivity contribution >= 4 is 23.4 Å². The number of anilines is 1. The fraction of sp³-hybridized carbons (Fsp3) is 0.400. The number of amides is 3. The zero-order chi connectivity index (χ0) is 32.0. The van der Waals surface area contributed by atoms with Crippen LogP contribution < -0.4 is 19.7 Å². The summed E-state index contributed by atoms with van der Waals surface area (Å²) in [4.78, 5) is 46.1. The maximum atomic E-state index is 14.0. The first-order valence-electron chi connectivity index (χ1n) is 15.8. The van der Waals surface area contributed by atoms with Crippen LogP contribution in [0.25, 0.3) is 0 Å². The molecule has 0 saturated carbocycles. The van der Waals surface area contributed by atoms with Gasteiger partial charge in [0, 0.05) is 50.5 Å². The van der Waals surface area contributed by atoms with Crippen molar-refractivity contribution < 1.29 is 33.3 Å². The van der Waals surface area contributed by atoms with Crippen molar-refractivity contribution in [2.24, 2.45) is 0 Å². The molecule has 2 fully saturated rings. The summed E-state index contributed by atoms with van der Waals surface area (Å²) < 4.78 is 23.8. The first-order chi connectivity index (χ1) is 22.4. The number of hydrogen-bond donors (Lipinski definition) is 1. The molecule has 2 atom stereocenters. The number of rotatable bonds is 4. The van der Waals surface area contributed by atoms with Crippen LogP contribution >= 0.6 is 0 Å². The van der Waals surface area contributed by atoms with E-state index < -0.39 is 6.04 Å². The first-order valence-corrected chi connectivity index (χ1v) is 15.8. The molecule has 0 aliphatic carbocycles. The Balaban J connectivity index is 1.25. The van der Waals surface area contributed by atoms with Crippen molar-refractivity contribution in [1.82, 2.24) is 15.1 Å². The van der Waals surface area contributed by atoms with E-state index >= 15 is 0 Å². The second-order valence-corrected chi connectivity index (χ2v) is 11.7. The summed E-state index contributed by atoms with van der Waals surface area (Å²) in [7, 11) is 1.58. The number of likely N-dealkylation sites (N-methyl/N-ethyl adjacent to an activating group) is 1. The molecule has 2 saturated heterocycles. The van der Waals surface area contributed by atoms with E-state index in [4.69, 9.17) is 18.9 Å². The largest absolute Gasteiger partial charge is 0.494 e. The van der Waals surface area contributed by atoms with Gasteiger partial charge < -0.3 is 39.0 Å². The fourth-order valence-electron chi connectivity index (χ4n) is 6.16. The number of likely N-dealkylation sites (tertiary alicyclic amines) is 1. The number of para-hydroxylation sites is 1. The highest BCUT2D eigenvalue weighted by atomic mass is 16.5. The molecule has 3 aromatic carbocycles. The molecule has 3 aliphatic heterocycles. The zero-order valence-corrected chi connectivity index (χ0v) is 26.3. The van der Waals surface area contributed by atoms with Crippen molar-refractivity contribution in [3.63, 3.8) is 0 Å². The van der Waals surface area contributed by atoms with Gasteiger partial charge in [0.1, 0.15) is 17.2 Å². The van der Waals surface area contributed by atoms with Gasteiger partial charge >= 0.3 is 0 Å². The molecule has 0 aromatic heterocycles. The number of carbonyl (C=O) groups is 3. The lowest BCUT2D eigenvalue weighted by Crippen LogP contribution is -2.58. The van der Waals surface area contributed by atoms with Crippen molar-refractivity contribution in [3.05, 3.63) is 83.4 Å². The fourth-order valence-corrected chi connectivity index (χ4v) is 6.16. The smallest absolute Gasteiger partial charge is 0.256 e. The van der Waals surface area contributed by atoms with Crippen LogP contribution in [-0.4, -0.2) is 99.3 Å². The van der Waals surface area contributed by atoms with Crippen LogP contribution in [0, 0.1) is 0 Å². The number of nitrogens with one attached hydrogen (secondary N) is 1. The molecule has 4 bridgehead atoms. The van der Waals surface area contributed by atoms with E-state index in [1.54, 1.807) is 30.1 Å². The third-order valence-corrected chi connectivity index (χ3v) is 8.43. The molecule has 1 N–H and O–H groups in total. The van der Waals surface area contributed by atoms with Gasteiger partial charge in [0.2, 0.25) is 5.91 Å². The summed E-state index contributed by atoms with van der Waals surface area (Å²) in [5, 5.41) is 3.08. The predicted molar refractivity (Wildman–Crippen MR) is 172 cm³/mol. The highest BCUT2D eigenvalue weighted by molar-refractivity contribution is 6.00. The highest BCUT2D eigenvalue weighted by Gasteiger charge is 2.35. The molecule has 0 radical (unpaired) electrons. The average Bonchev–Trinajstić information content (AvgIpc) is 3.07. The molecular weight excluding hydrogens is 588 g/mol. The van der Waals surface area contributed by atoms with Crippen molar-refractivity contribution in [2.45, 2.75) is 32.1 Å². The Morgan fingerprint density at radius 3 is 2.63 bits per heavy atom. The third-order valence-electron chi connectivity index (χ3n) is 8.43. The number of morpholine rings is 1. The van der Waals surface area contributed by atoms with E-state index in [0.29, 0.717) is 80.9 Å². The molecular formula is C35H40N4O7. The molecule has 3 amide bonds. The molecule has 0 unspecified atom stereocenters. The predicted octanol–water partition coefficient (Wildman–Crippen LogP) is 3.72. The van der Waals surface area contributed by atoms with Crippen LogP contribution in [0.4, 0.5) is 5.69 Å². The molecule has 46 heavy (non-hydrogen) atoms. The molecule has 3 heterocycles. The van der Waals surface area contributed by atoms with Gasteiger partial charge in [0.25, 0.3) is 11.8 Å². The molecule has 3 aromatic rings. The number of hydrogen-bond acceptors (Lipinski definition) is 8. The summed E-state index contributed by atoms with van der Waals surface area (Å²) in [6.45, 7) is 5.82. The second kappa shape index (κ2) is 14.2. The van der Waals surface area contributed by atoms with E-state index in [9.17, 15) is 14.4 Å². The SMILES string of the molecule is CCOc1cc2cc(c1)C(=O)N(C)CC(=O)N[C@H]1CN(C(=O)c3ccccc3N3CCOCC3)CC[C@H]1OCc1cccc(c1)O2. The van der Waals surface area contributed by atoms with Crippen LogP contribution in [0.2, 0.25) is 0 Å². The summed E-state index contributed by atoms with van der Waals surface area (Å²) in [6, 6.07) is 19.8. The van der Waals surface area contributed by atoms with Crippen LogP contribution in [0.3, 0.4) is 0 Å². The number of ether oxygens (including phenoxy) is 4. The number of piperidine rings is 1. The molecule has 11 heteroatoms. The molecule has 6 rings (SSSR count). The van der Waals surface area contributed by atoms with E-state index in [1.807, 2.05) is 55.5 Å². The van der Waals surface area contributed by atoms with E-state index in [-0.39, 0.29) is 36.9 Å². The molecule has 242 valence electrons. The Morgan fingerprint density at radius 1 is 0.978 bits per heavy atom. The first kappa shape index (κ1) is 31.4. The number of nitrogens with zero attached hydrogens (tertiary/aromatic N) is 3. The Hall–Kier alpha value is -4.61. The molecule has 11 nitrogen and oxygen atoms in total. The lowest BCUT2D eigenvalue weighted by atomic mass is 10.00. The highest BCUT2D eigenvalue weighted by Crippen LogP contribution is 2.30. The summed E-state index contributed by atoms with van der Waals surface area (Å²) >= 11 is 0. The minimum absolute atomic E-state index is 0.0935. The van der Waals surface area contributed by atoms with Crippen molar-refractivity contribution in [1.29, 1.82) is 0 Å². The van der Waals surface area contributed by atoms with Crippen LogP contribution in [-0.2, 0) is 20.9 Å².